The third-order valence-electron chi connectivity index (χ3n) is 5.91. The van der Waals surface area contributed by atoms with Crippen molar-refractivity contribution in [2.45, 2.75) is 52.9 Å². The van der Waals surface area contributed by atoms with E-state index in [-0.39, 0.29) is 22.9 Å². The number of amides is 1. The number of carbonyl (C=O) groups is 1. The highest BCUT2D eigenvalue weighted by Gasteiger charge is 2.32. The Balaban J connectivity index is 1.69. The topological polar surface area (TPSA) is 63.9 Å². The van der Waals surface area contributed by atoms with Crippen LogP contribution in [0.15, 0.2) is 52.3 Å². The van der Waals surface area contributed by atoms with Crippen LogP contribution in [0.1, 0.15) is 55.7 Å². The molecule has 0 unspecified atom stereocenters. The lowest BCUT2D eigenvalue weighted by atomic mass is 10.1. The van der Waals surface area contributed by atoms with Crippen molar-refractivity contribution in [3.05, 3.63) is 74.5 Å². The van der Waals surface area contributed by atoms with Crippen molar-refractivity contribution in [3.8, 4) is 11.6 Å². The lowest BCUT2D eigenvalue weighted by molar-refractivity contribution is -0.122. The van der Waals surface area contributed by atoms with Gasteiger partial charge < -0.3 is 4.74 Å². The molecule has 6 nitrogen and oxygen atoms in total. The molecular weight excluding hydrogens is 478 g/mol. The molecule has 0 saturated carbocycles. The summed E-state index contributed by atoms with van der Waals surface area (Å²) < 4.78 is 8.12. The first-order valence-electron chi connectivity index (χ1n) is 11.9. The number of unbranched alkanes of at least 4 members (excludes halogenated alkanes) is 4. The van der Waals surface area contributed by atoms with Crippen LogP contribution in [0.4, 0.5) is 0 Å². The number of ether oxygens (including phenoxy) is 1. The Bertz CT molecular complexity index is 1360. The fourth-order valence-corrected chi connectivity index (χ4v) is 5.29. The molecule has 1 amide bonds. The zero-order valence-electron chi connectivity index (χ0n) is 20.2. The number of rotatable bonds is 9. The summed E-state index contributed by atoms with van der Waals surface area (Å²) in [5.41, 5.74) is 2.42. The molecule has 35 heavy (non-hydrogen) atoms. The lowest BCUT2D eigenvalue weighted by Gasteiger charge is -2.14. The SMILES string of the molecule is CCCCCCCN1C(=O)/C(=C\c2c(Oc3ccc(C)cc3C)nc3ccccn3c2=O)SC1=S. The molecule has 0 radical (unpaired) electrons. The van der Waals surface area contributed by atoms with Crippen molar-refractivity contribution in [2.75, 3.05) is 6.54 Å². The Labute approximate surface area is 215 Å². The van der Waals surface area contributed by atoms with Gasteiger partial charge in [-0.15, -0.1) is 0 Å². The van der Waals surface area contributed by atoms with Gasteiger partial charge in [-0.25, -0.2) is 0 Å². The second-order valence-corrected chi connectivity index (χ2v) is 10.4. The average Bonchev–Trinajstić information content (AvgIpc) is 3.10. The van der Waals surface area contributed by atoms with Crippen LogP contribution < -0.4 is 10.3 Å². The van der Waals surface area contributed by atoms with Crippen LogP contribution in [0.25, 0.3) is 11.7 Å². The predicted octanol–water partition coefficient (Wildman–Crippen LogP) is 6.28. The third kappa shape index (κ3) is 5.65. The first-order valence-corrected chi connectivity index (χ1v) is 13.1. The van der Waals surface area contributed by atoms with E-state index in [0.29, 0.717) is 27.2 Å². The smallest absolute Gasteiger partial charge is 0.269 e. The summed E-state index contributed by atoms with van der Waals surface area (Å²) in [6, 6.07) is 11.1. The fourth-order valence-electron chi connectivity index (χ4n) is 4.00. The lowest BCUT2D eigenvalue weighted by Crippen LogP contribution is -2.29. The number of aryl methyl sites for hydroxylation is 2. The van der Waals surface area contributed by atoms with E-state index in [0.717, 1.165) is 30.4 Å². The molecule has 1 saturated heterocycles. The van der Waals surface area contributed by atoms with E-state index in [9.17, 15) is 9.59 Å². The number of nitrogens with zero attached hydrogens (tertiary/aromatic N) is 3. The molecule has 4 rings (SSSR count). The third-order valence-corrected chi connectivity index (χ3v) is 7.28. The summed E-state index contributed by atoms with van der Waals surface area (Å²) in [6.45, 7) is 6.72. The Kier molecular flexibility index (Phi) is 8.03. The number of thiocarbonyl (C=S) groups is 1. The number of aromatic nitrogens is 2. The molecular formula is C27H29N3O3S2. The maximum Gasteiger partial charge on any atom is 0.269 e. The number of fused-ring (bicyclic) bond motifs is 1. The summed E-state index contributed by atoms with van der Waals surface area (Å²) in [5.74, 6) is 0.598. The van der Waals surface area contributed by atoms with Crippen molar-refractivity contribution in [3.63, 3.8) is 0 Å². The van der Waals surface area contributed by atoms with E-state index < -0.39 is 0 Å². The quantitative estimate of drug-likeness (QED) is 0.193. The number of pyridine rings is 1. The fraction of sp³-hybridized carbons (Fsp3) is 0.333. The molecule has 1 fully saturated rings. The van der Waals surface area contributed by atoms with E-state index in [1.807, 2.05) is 38.1 Å². The van der Waals surface area contributed by atoms with Gasteiger partial charge in [-0.1, -0.05) is 80.3 Å². The summed E-state index contributed by atoms with van der Waals surface area (Å²) in [6.07, 6.45) is 8.72. The average molecular weight is 508 g/mol. The van der Waals surface area contributed by atoms with E-state index in [1.165, 1.54) is 29.0 Å². The number of hydrogen-bond acceptors (Lipinski definition) is 6. The molecule has 0 aliphatic carbocycles. The van der Waals surface area contributed by atoms with Gasteiger partial charge in [0.1, 0.15) is 21.3 Å². The first-order chi connectivity index (χ1) is 16.9. The molecule has 0 spiro atoms. The van der Waals surface area contributed by atoms with Gasteiger partial charge in [0.2, 0.25) is 5.88 Å². The summed E-state index contributed by atoms with van der Waals surface area (Å²) in [5, 5.41) is 0. The van der Waals surface area contributed by atoms with Crippen LogP contribution in [0.5, 0.6) is 11.6 Å². The second kappa shape index (κ2) is 11.2. The van der Waals surface area contributed by atoms with E-state index in [2.05, 4.69) is 11.9 Å². The maximum atomic E-state index is 13.4. The van der Waals surface area contributed by atoms with Gasteiger partial charge in [-0.3, -0.25) is 18.9 Å². The minimum atomic E-state index is -0.305. The van der Waals surface area contributed by atoms with Crippen molar-refractivity contribution >= 4 is 45.9 Å². The van der Waals surface area contributed by atoms with Gasteiger partial charge in [0, 0.05) is 12.7 Å². The minimum Gasteiger partial charge on any atom is -0.438 e. The Morgan fingerprint density at radius 1 is 1.09 bits per heavy atom. The zero-order valence-corrected chi connectivity index (χ0v) is 21.9. The molecule has 0 N–H and O–H groups in total. The van der Waals surface area contributed by atoms with E-state index in [4.69, 9.17) is 17.0 Å². The second-order valence-electron chi connectivity index (χ2n) is 8.68. The number of thioether (sulfide) groups is 1. The number of hydrogen-bond donors (Lipinski definition) is 0. The summed E-state index contributed by atoms with van der Waals surface area (Å²) >= 11 is 6.70. The summed E-state index contributed by atoms with van der Waals surface area (Å²) in [4.78, 5) is 33.2. The maximum absolute atomic E-state index is 13.4. The summed E-state index contributed by atoms with van der Waals surface area (Å²) in [7, 11) is 0. The van der Waals surface area contributed by atoms with Crippen molar-refractivity contribution in [1.82, 2.24) is 14.3 Å². The Morgan fingerprint density at radius 3 is 2.66 bits per heavy atom. The van der Waals surface area contributed by atoms with Crippen molar-refractivity contribution in [2.24, 2.45) is 0 Å². The molecule has 1 aliphatic heterocycles. The van der Waals surface area contributed by atoms with Gasteiger partial charge in [0.15, 0.2) is 0 Å². The molecule has 3 aromatic rings. The number of benzene rings is 1. The monoisotopic (exact) mass is 507 g/mol. The first kappa shape index (κ1) is 25.1. The Hall–Kier alpha value is -2.97. The molecule has 0 atom stereocenters. The van der Waals surface area contributed by atoms with Crippen LogP contribution >= 0.6 is 24.0 Å². The largest absolute Gasteiger partial charge is 0.438 e. The molecule has 2 aromatic heterocycles. The van der Waals surface area contributed by atoms with Crippen molar-refractivity contribution in [1.29, 1.82) is 0 Å². The molecule has 8 heteroatoms. The highest BCUT2D eigenvalue weighted by atomic mass is 32.2. The number of carbonyl (C=O) groups excluding carboxylic acids is 1. The molecule has 0 bridgehead atoms. The standard InChI is InChI=1S/C27H29N3O3S2/c1-4-5-6-7-9-15-30-26(32)22(35-27(30)34)17-20-24(33-21-13-12-18(2)16-19(21)3)28-23-11-8-10-14-29(23)25(20)31/h8,10-14,16-17H,4-7,9,15H2,1-3H3/b22-17+. The van der Waals surface area contributed by atoms with Gasteiger partial charge in [-0.05, 0) is 50.1 Å². The molecule has 182 valence electrons. The predicted molar refractivity (Wildman–Crippen MR) is 146 cm³/mol. The zero-order chi connectivity index (χ0) is 24.9. The van der Waals surface area contributed by atoms with Crippen LogP contribution in [-0.2, 0) is 4.79 Å². The van der Waals surface area contributed by atoms with Crippen LogP contribution in [0.2, 0.25) is 0 Å². The van der Waals surface area contributed by atoms with E-state index in [1.54, 1.807) is 29.3 Å². The highest BCUT2D eigenvalue weighted by molar-refractivity contribution is 8.26. The molecule has 1 aromatic carbocycles. The van der Waals surface area contributed by atoms with E-state index >= 15 is 0 Å². The van der Waals surface area contributed by atoms with Crippen LogP contribution in [-0.4, -0.2) is 31.1 Å². The van der Waals surface area contributed by atoms with Gasteiger partial charge in [-0.2, -0.15) is 4.98 Å². The van der Waals surface area contributed by atoms with Crippen molar-refractivity contribution < 1.29 is 9.53 Å². The van der Waals surface area contributed by atoms with Crippen LogP contribution in [0, 0.1) is 13.8 Å². The highest BCUT2D eigenvalue weighted by Crippen LogP contribution is 2.34. The minimum absolute atomic E-state index is 0.165. The normalized spacial score (nSPS) is 14.9. The van der Waals surface area contributed by atoms with Gasteiger partial charge in [0.25, 0.3) is 11.5 Å². The van der Waals surface area contributed by atoms with Crippen LogP contribution in [0.3, 0.4) is 0 Å². The van der Waals surface area contributed by atoms with Gasteiger partial charge >= 0.3 is 0 Å². The molecule has 1 aliphatic rings. The Morgan fingerprint density at radius 2 is 1.89 bits per heavy atom. The molecule has 3 heterocycles. The van der Waals surface area contributed by atoms with Gasteiger partial charge in [0.05, 0.1) is 4.91 Å².